The Morgan fingerprint density at radius 3 is 2.56 bits per heavy atom. The highest BCUT2D eigenvalue weighted by molar-refractivity contribution is 5.99. The number of hydrogen-bond donors (Lipinski definition) is 2. The quantitative estimate of drug-likeness (QED) is 0.431. The summed E-state index contributed by atoms with van der Waals surface area (Å²) in [6, 6.07) is 15.8. The zero-order valence-electron chi connectivity index (χ0n) is 21.3. The number of hydrogen-bond acceptors (Lipinski definition) is 4. The number of aryl methyl sites for hydroxylation is 1. The number of H-pyrrole nitrogens is 1. The summed E-state index contributed by atoms with van der Waals surface area (Å²) in [5, 5.41) is 4.51. The standard InChI is InChI=1S/C30H33N5O/c1-19-14-20(5-7-28(19)35-12-9-24(31-2)10-13-35)23-16-26-27(18-33-29(26)32-17-23)21-4-6-25-22(15-21)8-11-34(3)30(25)36/h4-7,14-18,24,31H,8-13H2,1-3H3,(H,32,33). The van der Waals surface area contributed by atoms with Gasteiger partial charge < -0.3 is 20.1 Å². The van der Waals surface area contributed by atoms with Crippen molar-refractivity contribution in [1.82, 2.24) is 20.2 Å². The van der Waals surface area contributed by atoms with Crippen molar-refractivity contribution in [2.24, 2.45) is 0 Å². The normalized spacial score (nSPS) is 16.6. The lowest BCUT2D eigenvalue weighted by Crippen LogP contribution is -2.41. The third kappa shape index (κ3) is 3.95. The van der Waals surface area contributed by atoms with Crippen molar-refractivity contribution >= 4 is 22.6 Å². The number of pyridine rings is 1. The van der Waals surface area contributed by atoms with Crippen molar-refractivity contribution in [3.05, 3.63) is 71.5 Å². The van der Waals surface area contributed by atoms with Gasteiger partial charge in [-0.05, 0) is 79.8 Å². The van der Waals surface area contributed by atoms with Crippen LogP contribution in [0, 0.1) is 6.92 Å². The third-order valence-electron chi connectivity index (χ3n) is 8.02. The van der Waals surface area contributed by atoms with Crippen molar-refractivity contribution in [3.63, 3.8) is 0 Å². The van der Waals surface area contributed by atoms with Crippen LogP contribution in [0.1, 0.15) is 34.3 Å². The Labute approximate surface area is 212 Å². The molecule has 184 valence electrons. The minimum Gasteiger partial charge on any atom is -0.371 e. The van der Waals surface area contributed by atoms with Crippen molar-refractivity contribution in [1.29, 1.82) is 0 Å². The summed E-state index contributed by atoms with van der Waals surface area (Å²) in [5.74, 6) is 0.107. The van der Waals surface area contributed by atoms with E-state index in [1.54, 1.807) is 4.90 Å². The smallest absolute Gasteiger partial charge is 0.253 e. The van der Waals surface area contributed by atoms with Gasteiger partial charge in [0.1, 0.15) is 5.65 Å². The molecule has 6 nitrogen and oxygen atoms in total. The van der Waals surface area contributed by atoms with Crippen LogP contribution in [0.25, 0.3) is 33.3 Å². The van der Waals surface area contributed by atoms with Gasteiger partial charge in [-0.3, -0.25) is 4.79 Å². The number of nitrogens with one attached hydrogen (secondary N) is 2. The Kier molecular flexibility index (Phi) is 5.76. The van der Waals surface area contributed by atoms with Crippen molar-refractivity contribution in [2.45, 2.75) is 32.2 Å². The lowest BCUT2D eigenvalue weighted by Gasteiger charge is -2.34. The average Bonchev–Trinajstić information content (AvgIpc) is 3.34. The van der Waals surface area contributed by atoms with Crippen LogP contribution in [-0.4, -0.2) is 60.5 Å². The highest BCUT2D eigenvalue weighted by Crippen LogP contribution is 2.34. The molecule has 0 saturated carbocycles. The molecule has 2 N–H and O–H groups in total. The Morgan fingerprint density at radius 2 is 1.78 bits per heavy atom. The van der Waals surface area contributed by atoms with Gasteiger partial charge in [-0.1, -0.05) is 18.2 Å². The molecule has 2 aromatic carbocycles. The van der Waals surface area contributed by atoms with Gasteiger partial charge in [-0.2, -0.15) is 0 Å². The zero-order valence-corrected chi connectivity index (χ0v) is 21.3. The summed E-state index contributed by atoms with van der Waals surface area (Å²) in [7, 11) is 3.93. The van der Waals surface area contributed by atoms with E-state index in [1.165, 1.54) is 29.7 Å². The molecule has 0 bridgehead atoms. The van der Waals surface area contributed by atoms with Crippen LogP contribution in [-0.2, 0) is 6.42 Å². The monoisotopic (exact) mass is 479 g/mol. The highest BCUT2D eigenvalue weighted by Gasteiger charge is 2.22. The zero-order chi connectivity index (χ0) is 24.8. The SMILES string of the molecule is CNC1CCN(c2ccc(-c3cnc4[nH]cc(-c5ccc6c(c5)CCN(C)C6=O)c4c3)cc2C)CC1. The molecular weight excluding hydrogens is 446 g/mol. The number of nitrogens with zero attached hydrogens (tertiary/aromatic N) is 3. The van der Waals surface area contributed by atoms with Crippen LogP contribution in [0.2, 0.25) is 0 Å². The number of aromatic nitrogens is 2. The first kappa shape index (κ1) is 22.8. The Hall–Kier alpha value is -3.64. The van der Waals surface area contributed by atoms with Crippen molar-refractivity contribution in [2.75, 3.05) is 38.6 Å². The lowest BCUT2D eigenvalue weighted by atomic mass is 9.94. The maximum atomic E-state index is 12.5. The molecule has 1 amide bonds. The number of likely N-dealkylation sites (N-methyl/N-ethyl adjacent to an activating group) is 1. The molecule has 0 aliphatic carbocycles. The van der Waals surface area contributed by atoms with Gasteiger partial charge in [0, 0.05) is 72.9 Å². The number of carbonyl (C=O) groups excluding carboxylic acids is 1. The second-order valence-electron chi connectivity index (χ2n) is 10.2. The topological polar surface area (TPSA) is 64.3 Å². The van der Waals surface area contributed by atoms with E-state index < -0.39 is 0 Å². The predicted octanol–water partition coefficient (Wildman–Crippen LogP) is 5.02. The molecule has 0 spiro atoms. The van der Waals surface area contributed by atoms with E-state index in [2.05, 4.69) is 65.6 Å². The number of aromatic amines is 1. The van der Waals surface area contributed by atoms with Crippen molar-refractivity contribution in [3.8, 4) is 22.3 Å². The number of fused-ring (bicyclic) bond motifs is 2. The van der Waals surface area contributed by atoms with Gasteiger partial charge in [0.05, 0.1) is 0 Å². The first-order chi connectivity index (χ1) is 17.5. The van der Waals surface area contributed by atoms with Gasteiger partial charge in [-0.25, -0.2) is 4.98 Å². The highest BCUT2D eigenvalue weighted by atomic mass is 16.2. The molecule has 2 aliphatic rings. The van der Waals surface area contributed by atoms with E-state index >= 15 is 0 Å². The van der Waals surface area contributed by atoms with Crippen LogP contribution >= 0.6 is 0 Å². The third-order valence-corrected chi connectivity index (χ3v) is 8.02. The minimum atomic E-state index is 0.107. The predicted molar refractivity (Wildman–Crippen MR) is 147 cm³/mol. The van der Waals surface area contributed by atoms with Crippen LogP contribution in [0.3, 0.4) is 0 Å². The summed E-state index contributed by atoms with van der Waals surface area (Å²) in [6.45, 7) is 5.16. The van der Waals surface area contributed by atoms with Crippen LogP contribution in [0.5, 0.6) is 0 Å². The van der Waals surface area contributed by atoms with E-state index in [1.807, 2.05) is 25.5 Å². The molecule has 0 radical (unpaired) electrons. The Balaban J connectivity index is 1.31. The van der Waals surface area contributed by atoms with Crippen LogP contribution in [0.4, 0.5) is 5.69 Å². The lowest BCUT2D eigenvalue weighted by molar-refractivity contribution is 0.0781. The number of piperidine rings is 1. The number of anilines is 1. The maximum Gasteiger partial charge on any atom is 0.253 e. The second kappa shape index (κ2) is 9.10. The molecular formula is C30H33N5O. The van der Waals surface area contributed by atoms with E-state index in [0.717, 1.165) is 64.9 Å². The first-order valence-corrected chi connectivity index (χ1v) is 12.9. The Morgan fingerprint density at radius 1 is 0.972 bits per heavy atom. The van der Waals surface area contributed by atoms with E-state index in [-0.39, 0.29) is 5.91 Å². The maximum absolute atomic E-state index is 12.5. The summed E-state index contributed by atoms with van der Waals surface area (Å²) in [5.41, 5.74) is 9.98. The summed E-state index contributed by atoms with van der Waals surface area (Å²) in [4.78, 5) is 24.9. The number of benzene rings is 2. The largest absolute Gasteiger partial charge is 0.371 e. The molecule has 1 saturated heterocycles. The molecule has 6 heteroatoms. The first-order valence-electron chi connectivity index (χ1n) is 12.9. The van der Waals surface area contributed by atoms with Gasteiger partial charge >= 0.3 is 0 Å². The number of rotatable bonds is 4. The molecule has 6 rings (SSSR count). The fourth-order valence-corrected chi connectivity index (χ4v) is 5.77. The molecule has 36 heavy (non-hydrogen) atoms. The molecule has 4 heterocycles. The molecule has 2 aliphatic heterocycles. The molecule has 1 fully saturated rings. The second-order valence-corrected chi connectivity index (χ2v) is 10.2. The van der Waals surface area contributed by atoms with E-state index in [9.17, 15) is 4.79 Å². The minimum absolute atomic E-state index is 0.107. The van der Waals surface area contributed by atoms with Gasteiger partial charge in [0.25, 0.3) is 5.91 Å². The van der Waals surface area contributed by atoms with Gasteiger partial charge in [0.2, 0.25) is 0 Å². The van der Waals surface area contributed by atoms with Crippen molar-refractivity contribution < 1.29 is 4.79 Å². The molecule has 2 aromatic heterocycles. The Bertz CT molecular complexity index is 1450. The number of carbonyl (C=O) groups is 1. The molecule has 0 atom stereocenters. The van der Waals surface area contributed by atoms with E-state index in [0.29, 0.717) is 6.04 Å². The van der Waals surface area contributed by atoms with Crippen LogP contribution < -0.4 is 10.2 Å². The van der Waals surface area contributed by atoms with Gasteiger partial charge in [0.15, 0.2) is 0 Å². The molecule has 4 aromatic rings. The fourth-order valence-electron chi connectivity index (χ4n) is 5.77. The van der Waals surface area contributed by atoms with Gasteiger partial charge in [-0.15, -0.1) is 0 Å². The summed E-state index contributed by atoms with van der Waals surface area (Å²) in [6.07, 6.45) is 7.24. The average molecular weight is 480 g/mol. The van der Waals surface area contributed by atoms with Crippen LogP contribution in [0.15, 0.2) is 54.9 Å². The molecule has 0 unspecified atom stereocenters. The fraction of sp³-hybridized carbons (Fsp3) is 0.333. The summed E-state index contributed by atoms with van der Waals surface area (Å²) >= 11 is 0. The number of amides is 1. The summed E-state index contributed by atoms with van der Waals surface area (Å²) < 4.78 is 0. The van der Waals surface area contributed by atoms with E-state index in [4.69, 9.17) is 4.98 Å².